The minimum Gasteiger partial charge on any atom is -0.461 e. The number of hydrogen-bond donors (Lipinski definition) is 2. The van der Waals surface area contributed by atoms with E-state index in [1.165, 1.54) is 13.8 Å². The average molecular weight is 376 g/mol. The topological polar surface area (TPSA) is 144 Å². The third kappa shape index (κ3) is 9.87. The van der Waals surface area contributed by atoms with Crippen LogP contribution in [0.3, 0.4) is 0 Å². The number of aliphatic hydroxyl groups excluding tert-OH is 1. The van der Waals surface area contributed by atoms with E-state index in [1.807, 2.05) is 0 Å². The van der Waals surface area contributed by atoms with Crippen molar-refractivity contribution in [2.75, 3.05) is 18.1 Å². The van der Waals surface area contributed by atoms with Crippen molar-refractivity contribution in [1.29, 1.82) is 0 Å². The van der Waals surface area contributed by atoms with Crippen LogP contribution in [0.25, 0.3) is 0 Å². The first-order valence-corrected chi connectivity index (χ1v) is 10.1. The van der Waals surface area contributed by atoms with Crippen LogP contribution < -0.4 is 0 Å². The quantitative estimate of drug-likeness (QED) is 0.304. The smallest absolute Gasteiger partial charge is 0.335 e. The fourth-order valence-corrected chi connectivity index (χ4v) is 3.20. The van der Waals surface area contributed by atoms with E-state index in [-0.39, 0.29) is 6.42 Å². The van der Waals surface area contributed by atoms with Crippen LogP contribution >= 0.6 is 0 Å². The largest absolute Gasteiger partial charge is 0.461 e. The highest BCUT2D eigenvalue weighted by atomic mass is 32.2. The van der Waals surface area contributed by atoms with Gasteiger partial charge < -0.3 is 9.84 Å². The molecule has 0 aliphatic rings. The molecule has 0 amide bonds. The summed E-state index contributed by atoms with van der Waals surface area (Å²) in [6, 6.07) is 0. The summed E-state index contributed by atoms with van der Waals surface area (Å²) in [5, 5.41) is 9.91. The van der Waals surface area contributed by atoms with E-state index in [1.54, 1.807) is 13.8 Å². The fraction of sp³-hybridized carbons (Fsp3) is 0.917. The Kier molecular flexibility index (Phi) is 8.10. The van der Waals surface area contributed by atoms with Crippen LogP contribution in [-0.4, -0.2) is 62.8 Å². The SMILES string of the molecule is CC(C)OC(=O)[C@@H](O)C(C)(C)COS(=O)(=O)CCCS(=O)(=O)O. The van der Waals surface area contributed by atoms with Gasteiger partial charge >= 0.3 is 5.97 Å². The lowest BCUT2D eigenvalue weighted by Crippen LogP contribution is -2.42. The molecule has 0 heterocycles. The fourth-order valence-electron chi connectivity index (χ4n) is 1.41. The van der Waals surface area contributed by atoms with Crippen LogP contribution in [0.15, 0.2) is 0 Å². The molecule has 2 N–H and O–H groups in total. The summed E-state index contributed by atoms with van der Waals surface area (Å²) in [5.74, 6) is -2.21. The molecule has 11 heteroatoms. The van der Waals surface area contributed by atoms with Gasteiger partial charge in [0.1, 0.15) is 0 Å². The van der Waals surface area contributed by atoms with Crippen molar-refractivity contribution in [3.05, 3.63) is 0 Å². The molecule has 0 bridgehead atoms. The Balaban J connectivity index is 4.58. The van der Waals surface area contributed by atoms with E-state index < -0.39 is 61.9 Å². The van der Waals surface area contributed by atoms with Gasteiger partial charge in [-0.05, 0) is 20.3 Å². The number of rotatable bonds is 10. The minimum atomic E-state index is -4.25. The van der Waals surface area contributed by atoms with E-state index >= 15 is 0 Å². The molecule has 0 aromatic rings. The van der Waals surface area contributed by atoms with Gasteiger partial charge in [0.25, 0.3) is 20.2 Å². The molecule has 0 saturated carbocycles. The van der Waals surface area contributed by atoms with E-state index in [0.29, 0.717) is 0 Å². The number of ether oxygens (including phenoxy) is 1. The number of aliphatic hydroxyl groups is 1. The molecule has 0 rings (SSSR count). The van der Waals surface area contributed by atoms with Crippen molar-refractivity contribution in [1.82, 2.24) is 0 Å². The third-order valence-electron chi connectivity index (χ3n) is 2.72. The Bertz CT molecular complexity index is 590. The molecular formula is C12H24O9S2. The van der Waals surface area contributed by atoms with Gasteiger partial charge in [0, 0.05) is 5.41 Å². The highest BCUT2D eigenvalue weighted by Gasteiger charge is 2.37. The molecule has 0 aromatic heterocycles. The number of esters is 1. The molecule has 0 fully saturated rings. The van der Waals surface area contributed by atoms with E-state index in [0.717, 1.165) is 0 Å². The first-order chi connectivity index (χ1) is 10.2. The number of hydrogen-bond acceptors (Lipinski definition) is 8. The van der Waals surface area contributed by atoms with Gasteiger partial charge in [0.05, 0.1) is 24.2 Å². The Morgan fingerprint density at radius 1 is 1.13 bits per heavy atom. The standard InChI is InChI=1S/C12H24O9S2/c1-9(2)21-11(14)10(13)12(3,4)8-20-23(18,19)7-5-6-22(15,16)17/h9-10,13H,5-8H2,1-4H3,(H,15,16,17)/t10-/m1/s1. The van der Waals surface area contributed by atoms with Gasteiger partial charge in [-0.1, -0.05) is 13.8 Å². The highest BCUT2D eigenvalue weighted by molar-refractivity contribution is 7.87. The maximum absolute atomic E-state index is 11.6. The zero-order valence-electron chi connectivity index (χ0n) is 13.6. The minimum absolute atomic E-state index is 0.334. The molecule has 0 saturated heterocycles. The summed E-state index contributed by atoms with van der Waals surface area (Å²) in [6.07, 6.45) is -2.35. The van der Waals surface area contributed by atoms with Gasteiger partial charge in [-0.15, -0.1) is 0 Å². The normalized spacial score (nSPS) is 14.7. The van der Waals surface area contributed by atoms with E-state index in [9.17, 15) is 26.7 Å². The molecule has 0 unspecified atom stereocenters. The van der Waals surface area contributed by atoms with Gasteiger partial charge in [-0.25, -0.2) is 4.79 Å². The molecule has 0 aliphatic carbocycles. The van der Waals surface area contributed by atoms with Gasteiger partial charge in [0.15, 0.2) is 6.10 Å². The van der Waals surface area contributed by atoms with Crippen molar-refractivity contribution < 1.29 is 40.2 Å². The highest BCUT2D eigenvalue weighted by Crippen LogP contribution is 2.23. The van der Waals surface area contributed by atoms with Gasteiger partial charge in [0.2, 0.25) is 0 Å². The molecule has 0 spiro atoms. The lowest BCUT2D eigenvalue weighted by atomic mass is 9.87. The van der Waals surface area contributed by atoms with E-state index in [2.05, 4.69) is 0 Å². The summed E-state index contributed by atoms with van der Waals surface area (Å²) in [7, 11) is -8.31. The van der Waals surface area contributed by atoms with Crippen LogP contribution in [0.5, 0.6) is 0 Å². The second-order valence-electron chi connectivity index (χ2n) is 6.04. The molecule has 1 atom stereocenters. The van der Waals surface area contributed by atoms with Crippen LogP contribution in [0, 0.1) is 5.41 Å². The third-order valence-corrected chi connectivity index (χ3v) is 4.79. The number of carbonyl (C=O) groups excluding carboxylic acids is 1. The summed E-state index contributed by atoms with van der Waals surface area (Å²) < 4.78 is 62.4. The predicted molar refractivity (Wildman–Crippen MR) is 81.8 cm³/mol. The lowest BCUT2D eigenvalue weighted by molar-refractivity contribution is -0.165. The Labute approximate surface area is 136 Å². The predicted octanol–water partition coefficient (Wildman–Crippen LogP) is -0.0506. The number of carbonyl (C=O) groups is 1. The molecule has 138 valence electrons. The molecule has 0 aromatic carbocycles. The lowest BCUT2D eigenvalue weighted by Gasteiger charge is -2.28. The zero-order valence-corrected chi connectivity index (χ0v) is 15.2. The van der Waals surface area contributed by atoms with Crippen LogP contribution in [0.2, 0.25) is 0 Å². The summed E-state index contributed by atoms with van der Waals surface area (Å²) in [4.78, 5) is 11.6. The maximum atomic E-state index is 11.6. The summed E-state index contributed by atoms with van der Waals surface area (Å²) in [5.41, 5.74) is -1.23. The second kappa shape index (κ2) is 8.38. The first kappa shape index (κ1) is 22.2. The molecule has 9 nitrogen and oxygen atoms in total. The van der Waals surface area contributed by atoms with Crippen LogP contribution in [-0.2, 0) is 34.0 Å². The van der Waals surface area contributed by atoms with Crippen molar-refractivity contribution in [3.63, 3.8) is 0 Å². The van der Waals surface area contributed by atoms with Crippen molar-refractivity contribution in [2.45, 2.75) is 46.3 Å². The van der Waals surface area contributed by atoms with Crippen LogP contribution in [0.4, 0.5) is 0 Å². The first-order valence-electron chi connectivity index (χ1n) is 6.87. The Hall–Kier alpha value is -0.750. The van der Waals surface area contributed by atoms with Crippen LogP contribution in [0.1, 0.15) is 34.1 Å². The molecule has 0 radical (unpaired) electrons. The average Bonchev–Trinajstić information content (AvgIpc) is 2.33. The Morgan fingerprint density at radius 3 is 2.09 bits per heavy atom. The second-order valence-corrected chi connectivity index (χ2v) is 9.37. The van der Waals surface area contributed by atoms with Gasteiger partial charge in [-0.2, -0.15) is 16.8 Å². The summed E-state index contributed by atoms with van der Waals surface area (Å²) in [6.45, 7) is 5.57. The van der Waals surface area contributed by atoms with E-state index in [4.69, 9.17) is 13.5 Å². The zero-order chi connectivity index (χ0) is 18.5. The molecular weight excluding hydrogens is 352 g/mol. The van der Waals surface area contributed by atoms with Crippen molar-refractivity contribution in [2.24, 2.45) is 5.41 Å². The maximum Gasteiger partial charge on any atom is 0.335 e. The van der Waals surface area contributed by atoms with Crippen molar-refractivity contribution >= 4 is 26.2 Å². The van der Waals surface area contributed by atoms with Crippen molar-refractivity contribution in [3.8, 4) is 0 Å². The molecule has 0 aliphatic heterocycles. The van der Waals surface area contributed by atoms with Gasteiger partial charge in [-0.3, -0.25) is 8.74 Å². The Morgan fingerprint density at radius 2 is 1.65 bits per heavy atom. The summed E-state index contributed by atoms with van der Waals surface area (Å²) >= 11 is 0. The molecule has 23 heavy (non-hydrogen) atoms. The monoisotopic (exact) mass is 376 g/mol.